The van der Waals surface area contributed by atoms with E-state index in [1.807, 2.05) is 13.0 Å². The van der Waals surface area contributed by atoms with Crippen LogP contribution >= 0.6 is 0 Å². The Morgan fingerprint density at radius 2 is 1.80 bits per heavy atom. The van der Waals surface area contributed by atoms with Gasteiger partial charge in [-0.25, -0.2) is 0 Å². The molecular weight excluding hydrogens is 246 g/mol. The van der Waals surface area contributed by atoms with Crippen molar-refractivity contribution in [1.82, 2.24) is 9.88 Å². The van der Waals surface area contributed by atoms with Gasteiger partial charge in [-0.1, -0.05) is 37.3 Å². The summed E-state index contributed by atoms with van der Waals surface area (Å²) in [7, 11) is 0. The van der Waals surface area contributed by atoms with Crippen LogP contribution < -0.4 is 5.73 Å². The van der Waals surface area contributed by atoms with E-state index in [0.717, 1.165) is 31.0 Å². The molecule has 1 aromatic carbocycles. The molecule has 0 saturated heterocycles. The Bertz CT molecular complexity index is 551. The summed E-state index contributed by atoms with van der Waals surface area (Å²) in [4.78, 5) is 6.96. The molecule has 0 amide bonds. The van der Waals surface area contributed by atoms with Crippen LogP contribution in [-0.4, -0.2) is 16.4 Å². The van der Waals surface area contributed by atoms with Gasteiger partial charge in [0.2, 0.25) is 0 Å². The van der Waals surface area contributed by atoms with Crippen LogP contribution in [0, 0.1) is 6.92 Å². The number of aromatic nitrogens is 1. The zero-order chi connectivity index (χ0) is 14.4. The molecule has 1 aromatic heterocycles. The first-order valence-corrected chi connectivity index (χ1v) is 7.14. The van der Waals surface area contributed by atoms with E-state index >= 15 is 0 Å². The number of hydrogen-bond acceptors (Lipinski definition) is 3. The standard InChI is InChI=1S/C17H23N3/c1-3-20(13-17-9-4-6-14(2)19-17)12-16-8-5-7-15(10-16)11-18/h4-10H,3,11-13,18H2,1-2H3. The van der Waals surface area contributed by atoms with Crippen molar-refractivity contribution in [3.05, 3.63) is 65.0 Å². The Morgan fingerprint density at radius 1 is 1.05 bits per heavy atom. The molecule has 0 saturated carbocycles. The fourth-order valence-corrected chi connectivity index (χ4v) is 2.31. The van der Waals surface area contributed by atoms with Gasteiger partial charge < -0.3 is 5.73 Å². The quantitative estimate of drug-likeness (QED) is 0.877. The highest BCUT2D eigenvalue weighted by molar-refractivity contribution is 5.23. The Kier molecular flexibility index (Phi) is 5.27. The number of nitrogens with zero attached hydrogens (tertiary/aromatic N) is 2. The van der Waals surface area contributed by atoms with E-state index in [-0.39, 0.29) is 0 Å². The fraction of sp³-hybridized carbons (Fsp3) is 0.353. The fourth-order valence-electron chi connectivity index (χ4n) is 2.31. The molecular formula is C17H23N3. The van der Waals surface area contributed by atoms with Crippen LogP contribution in [0.25, 0.3) is 0 Å². The van der Waals surface area contributed by atoms with Gasteiger partial charge in [0.25, 0.3) is 0 Å². The van der Waals surface area contributed by atoms with Gasteiger partial charge in [-0.2, -0.15) is 0 Å². The molecule has 3 nitrogen and oxygen atoms in total. The summed E-state index contributed by atoms with van der Waals surface area (Å²) in [5.41, 5.74) is 10.4. The molecule has 1 heterocycles. The van der Waals surface area contributed by atoms with Crippen molar-refractivity contribution in [2.45, 2.75) is 33.5 Å². The lowest BCUT2D eigenvalue weighted by atomic mass is 10.1. The lowest BCUT2D eigenvalue weighted by molar-refractivity contribution is 0.268. The van der Waals surface area contributed by atoms with Crippen molar-refractivity contribution in [2.75, 3.05) is 6.54 Å². The van der Waals surface area contributed by atoms with E-state index in [1.54, 1.807) is 0 Å². The highest BCUT2D eigenvalue weighted by Gasteiger charge is 2.06. The lowest BCUT2D eigenvalue weighted by Crippen LogP contribution is -2.23. The van der Waals surface area contributed by atoms with Crippen molar-refractivity contribution in [3.63, 3.8) is 0 Å². The first kappa shape index (κ1) is 14.7. The van der Waals surface area contributed by atoms with Crippen molar-refractivity contribution >= 4 is 0 Å². The summed E-state index contributed by atoms with van der Waals surface area (Å²) in [6, 6.07) is 14.7. The minimum atomic E-state index is 0.597. The zero-order valence-corrected chi connectivity index (χ0v) is 12.3. The molecule has 106 valence electrons. The number of nitrogens with two attached hydrogens (primary N) is 1. The highest BCUT2D eigenvalue weighted by atomic mass is 15.1. The Labute approximate surface area is 121 Å². The minimum Gasteiger partial charge on any atom is -0.326 e. The molecule has 20 heavy (non-hydrogen) atoms. The normalized spacial score (nSPS) is 11.0. The summed E-state index contributed by atoms with van der Waals surface area (Å²) < 4.78 is 0. The Balaban J connectivity index is 2.05. The van der Waals surface area contributed by atoms with Gasteiger partial charge in [-0.05, 0) is 36.7 Å². The zero-order valence-electron chi connectivity index (χ0n) is 12.3. The van der Waals surface area contributed by atoms with Gasteiger partial charge in [0.1, 0.15) is 0 Å². The van der Waals surface area contributed by atoms with Gasteiger partial charge in [0.05, 0.1) is 5.69 Å². The number of rotatable bonds is 6. The second kappa shape index (κ2) is 7.17. The van der Waals surface area contributed by atoms with Crippen molar-refractivity contribution < 1.29 is 0 Å². The van der Waals surface area contributed by atoms with Crippen LogP contribution in [0.1, 0.15) is 29.4 Å². The minimum absolute atomic E-state index is 0.597. The van der Waals surface area contributed by atoms with E-state index < -0.39 is 0 Å². The van der Waals surface area contributed by atoms with Gasteiger partial charge in [0, 0.05) is 25.3 Å². The van der Waals surface area contributed by atoms with Crippen LogP contribution in [0.3, 0.4) is 0 Å². The van der Waals surface area contributed by atoms with Gasteiger partial charge in [0.15, 0.2) is 0 Å². The van der Waals surface area contributed by atoms with Crippen LogP contribution in [0.4, 0.5) is 0 Å². The maximum Gasteiger partial charge on any atom is 0.0547 e. The predicted octanol–water partition coefficient (Wildman–Crippen LogP) is 2.87. The maximum atomic E-state index is 5.70. The Hall–Kier alpha value is -1.71. The van der Waals surface area contributed by atoms with Crippen molar-refractivity contribution in [3.8, 4) is 0 Å². The first-order chi connectivity index (χ1) is 9.71. The monoisotopic (exact) mass is 269 g/mol. The Morgan fingerprint density at radius 3 is 2.50 bits per heavy atom. The molecule has 2 N–H and O–H groups in total. The van der Waals surface area contributed by atoms with E-state index in [0.29, 0.717) is 6.54 Å². The molecule has 2 aromatic rings. The second-order valence-electron chi connectivity index (χ2n) is 5.10. The SMILES string of the molecule is CCN(Cc1cccc(CN)c1)Cc1cccc(C)n1. The molecule has 0 bridgehead atoms. The largest absolute Gasteiger partial charge is 0.326 e. The molecule has 0 unspecified atom stereocenters. The van der Waals surface area contributed by atoms with Crippen LogP contribution in [0.15, 0.2) is 42.5 Å². The predicted molar refractivity (Wildman–Crippen MR) is 83.1 cm³/mol. The second-order valence-corrected chi connectivity index (χ2v) is 5.10. The molecule has 3 heteroatoms. The van der Waals surface area contributed by atoms with Gasteiger partial charge >= 0.3 is 0 Å². The van der Waals surface area contributed by atoms with Crippen LogP contribution in [0.5, 0.6) is 0 Å². The third-order valence-electron chi connectivity index (χ3n) is 3.41. The number of pyridine rings is 1. The van der Waals surface area contributed by atoms with E-state index in [2.05, 4.69) is 53.2 Å². The molecule has 0 aliphatic rings. The number of hydrogen-bond donors (Lipinski definition) is 1. The lowest BCUT2D eigenvalue weighted by Gasteiger charge is -2.20. The summed E-state index contributed by atoms with van der Waals surface area (Å²) in [5, 5.41) is 0. The molecule has 0 aliphatic carbocycles. The highest BCUT2D eigenvalue weighted by Crippen LogP contribution is 2.11. The van der Waals surface area contributed by atoms with Gasteiger partial charge in [-0.15, -0.1) is 0 Å². The third-order valence-corrected chi connectivity index (χ3v) is 3.41. The van der Waals surface area contributed by atoms with Crippen LogP contribution in [0.2, 0.25) is 0 Å². The van der Waals surface area contributed by atoms with Crippen molar-refractivity contribution in [1.29, 1.82) is 0 Å². The third kappa shape index (κ3) is 4.15. The summed E-state index contributed by atoms with van der Waals surface area (Å²) in [5.74, 6) is 0. The maximum absolute atomic E-state index is 5.70. The smallest absolute Gasteiger partial charge is 0.0547 e. The van der Waals surface area contributed by atoms with E-state index in [9.17, 15) is 0 Å². The molecule has 0 atom stereocenters. The topological polar surface area (TPSA) is 42.1 Å². The van der Waals surface area contributed by atoms with E-state index in [1.165, 1.54) is 11.1 Å². The summed E-state index contributed by atoms with van der Waals surface area (Å²) in [6.45, 7) is 7.62. The van der Waals surface area contributed by atoms with Crippen molar-refractivity contribution in [2.24, 2.45) is 5.73 Å². The molecule has 0 radical (unpaired) electrons. The number of aryl methyl sites for hydroxylation is 1. The molecule has 0 spiro atoms. The number of benzene rings is 1. The summed E-state index contributed by atoms with van der Waals surface area (Å²) >= 11 is 0. The average Bonchev–Trinajstić information content (AvgIpc) is 2.47. The first-order valence-electron chi connectivity index (χ1n) is 7.14. The molecule has 0 aliphatic heterocycles. The van der Waals surface area contributed by atoms with E-state index in [4.69, 9.17) is 5.73 Å². The van der Waals surface area contributed by atoms with Gasteiger partial charge in [-0.3, -0.25) is 9.88 Å². The molecule has 2 rings (SSSR count). The molecule has 0 fully saturated rings. The van der Waals surface area contributed by atoms with Crippen LogP contribution in [-0.2, 0) is 19.6 Å². The average molecular weight is 269 g/mol. The summed E-state index contributed by atoms with van der Waals surface area (Å²) in [6.07, 6.45) is 0.